The number of hydrogen-bond donors (Lipinski definition) is 2. The minimum absolute atomic E-state index is 0.0159. The van der Waals surface area contributed by atoms with Crippen molar-refractivity contribution < 1.29 is 13.2 Å². The summed E-state index contributed by atoms with van der Waals surface area (Å²) in [6.07, 6.45) is 0. The van der Waals surface area contributed by atoms with Crippen LogP contribution in [0, 0.1) is 0 Å². The molecule has 0 aliphatic heterocycles. The number of nitrogens with one attached hydrogen (secondary N) is 1. The third-order valence-electron chi connectivity index (χ3n) is 1.50. The Balaban J connectivity index is 2.48. The zero-order chi connectivity index (χ0) is 11.5. The van der Waals surface area contributed by atoms with Crippen LogP contribution >= 0.6 is 27.3 Å². The Hall–Kier alpha value is -0.440. The maximum Gasteiger partial charge on any atom is 0.262 e. The number of rotatable bonds is 4. The standard InChI is InChI=1S/C7H9BrN2O3S2/c8-5-1-3-14-6(5)7(11)10-2-4-15(9,12)13/h1,3H,2,4H2,(H,10,11)(H2,9,12,13). The summed E-state index contributed by atoms with van der Waals surface area (Å²) in [6, 6.07) is 1.75. The van der Waals surface area contributed by atoms with Crippen molar-refractivity contribution in [3.8, 4) is 0 Å². The number of primary sulfonamides is 1. The highest BCUT2D eigenvalue weighted by Gasteiger charge is 2.11. The van der Waals surface area contributed by atoms with E-state index in [1.165, 1.54) is 11.3 Å². The zero-order valence-electron chi connectivity index (χ0n) is 7.57. The maximum atomic E-state index is 11.4. The molecule has 0 fully saturated rings. The van der Waals surface area contributed by atoms with Crippen molar-refractivity contribution in [2.75, 3.05) is 12.3 Å². The van der Waals surface area contributed by atoms with Crippen molar-refractivity contribution in [1.82, 2.24) is 5.32 Å². The van der Waals surface area contributed by atoms with Gasteiger partial charge in [0.2, 0.25) is 10.0 Å². The second kappa shape index (κ2) is 5.06. The van der Waals surface area contributed by atoms with Gasteiger partial charge in [0, 0.05) is 11.0 Å². The van der Waals surface area contributed by atoms with Crippen LogP contribution in [0.25, 0.3) is 0 Å². The predicted molar refractivity (Wildman–Crippen MR) is 62.3 cm³/mol. The van der Waals surface area contributed by atoms with E-state index in [9.17, 15) is 13.2 Å². The fourth-order valence-electron chi connectivity index (χ4n) is 0.843. The van der Waals surface area contributed by atoms with Crippen molar-refractivity contribution in [2.45, 2.75) is 0 Å². The molecule has 0 atom stereocenters. The van der Waals surface area contributed by atoms with E-state index in [0.29, 0.717) is 9.35 Å². The molecule has 84 valence electrons. The smallest absolute Gasteiger partial charge is 0.262 e. The highest BCUT2D eigenvalue weighted by atomic mass is 79.9. The average molecular weight is 313 g/mol. The quantitative estimate of drug-likeness (QED) is 0.849. The Kier molecular flexibility index (Phi) is 4.26. The van der Waals surface area contributed by atoms with Crippen LogP contribution in [0.1, 0.15) is 9.67 Å². The number of carbonyl (C=O) groups is 1. The van der Waals surface area contributed by atoms with Gasteiger partial charge in [-0.2, -0.15) is 0 Å². The first-order valence-electron chi connectivity index (χ1n) is 3.92. The van der Waals surface area contributed by atoms with Crippen molar-refractivity contribution in [1.29, 1.82) is 0 Å². The number of sulfonamides is 1. The zero-order valence-corrected chi connectivity index (χ0v) is 10.8. The van der Waals surface area contributed by atoms with Crippen LogP contribution in [-0.2, 0) is 10.0 Å². The summed E-state index contributed by atoms with van der Waals surface area (Å²) in [5.41, 5.74) is 0. The van der Waals surface area contributed by atoms with Gasteiger partial charge in [-0.3, -0.25) is 4.79 Å². The van der Waals surface area contributed by atoms with E-state index in [1.807, 2.05) is 0 Å². The van der Waals surface area contributed by atoms with Gasteiger partial charge in [0.15, 0.2) is 0 Å². The minimum Gasteiger partial charge on any atom is -0.350 e. The van der Waals surface area contributed by atoms with E-state index in [0.717, 1.165) is 0 Å². The molecule has 5 nitrogen and oxygen atoms in total. The van der Waals surface area contributed by atoms with E-state index >= 15 is 0 Å². The van der Waals surface area contributed by atoms with Crippen LogP contribution < -0.4 is 10.5 Å². The van der Waals surface area contributed by atoms with Crippen LogP contribution in [0.4, 0.5) is 0 Å². The number of nitrogens with two attached hydrogens (primary N) is 1. The summed E-state index contributed by atoms with van der Waals surface area (Å²) < 4.78 is 21.9. The molecular weight excluding hydrogens is 304 g/mol. The average Bonchev–Trinajstić information content (AvgIpc) is 2.48. The number of amides is 1. The largest absolute Gasteiger partial charge is 0.350 e. The van der Waals surface area contributed by atoms with Gasteiger partial charge in [-0.05, 0) is 27.4 Å². The molecule has 15 heavy (non-hydrogen) atoms. The predicted octanol–water partition coefficient (Wildman–Crippen LogP) is 0.529. The van der Waals surface area contributed by atoms with Crippen molar-refractivity contribution >= 4 is 43.2 Å². The summed E-state index contributed by atoms with van der Waals surface area (Å²) >= 11 is 4.48. The molecule has 0 saturated heterocycles. The summed E-state index contributed by atoms with van der Waals surface area (Å²) in [5, 5.41) is 9.01. The highest BCUT2D eigenvalue weighted by molar-refractivity contribution is 9.10. The number of halogens is 1. The molecule has 1 aromatic heterocycles. The van der Waals surface area contributed by atoms with E-state index in [1.54, 1.807) is 11.4 Å². The monoisotopic (exact) mass is 312 g/mol. The van der Waals surface area contributed by atoms with Crippen LogP contribution in [0.5, 0.6) is 0 Å². The van der Waals surface area contributed by atoms with E-state index < -0.39 is 10.0 Å². The molecule has 1 aromatic rings. The van der Waals surface area contributed by atoms with Gasteiger partial charge in [-0.1, -0.05) is 0 Å². The molecule has 8 heteroatoms. The highest BCUT2D eigenvalue weighted by Crippen LogP contribution is 2.21. The van der Waals surface area contributed by atoms with Gasteiger partial charge >= 0.3 is 0 Å². The molecule has 3 N–H and O–H groups in total. The molecule has 0 saturated carbocycles. The summed E-state index contributed by atoms with van der Waals surface area (Å²) in [7, 11) is -3.52. The Morgan fingerprint density at radius 1 is 1.60 bits per heavy atom. The molecule has 1 amide bonds. The molecule has 1 heterocycles. The molecule has 0 aromatic carbocycles. The minimum atomic E-state index is -3.52. The Morgan fingerprint density at radius 2 is 2.27 bits per heavy atom. The maximum absolute atomic E-state index is 11.4. The van der Waals surface area contributed by atoms with Crippen molar-refractivity contribution in [3.05, 3.63) is 20.8 Å². The molecule has 0 radical (unpaired) electrons. The number of hydrogen-bond acceptors (Lipinski definition) is 4. The van der Waals surface area contributed by atoms with Crippen molar-refractivity contribution in [2.24, 2.45) is 5.14 Å². The van der Waals surface area contributed by atoms with E-state index in [4.69, 9.17) is 5.14 Å². The van der Waals surface area contributed by atoms with Gasteiger partial charge in [-0.15, -0.1) is 11.3 Å². The fraction of sp³-hybridized carbons (Fsp3) is 0.286. The molecule has 0 unspecified atom stereocenters. The van der Waals surface area contributed by atoms with Crippen LogP contribution in [0.15, 0.2) is 15.9 Å². The Bertz CT molecular complexity index is 455. The van der Waals surface area contributed by atoms with Gasteiger partial charge in [0.1, 0.15) is 4.88 Å². The lowest BCUT2D eigenvalue weighted by molar-refractivity contribution is 0.0959. The van der Waals surface area contributed by atoms with Crippen molar-refractivity contribution in [3.63, 3.8) is 0 Å². The molecule has 0 bridgehead atoms. The number of carbonyl (C=O) groups excluding carboxylic acids is 1. The topological polar surface area (TPSA) is 89.3 Å². The second-order valence-electron chi connectivity index (χ2n) is 2.72. The van der Waals surface area contributed by atoms with Crippen LogP contribution in [-0.4, -0.2) is 26.6 Å². The third kappa shape index (κ3) is 4.29. The van der Waals surface area contributed by atoms with Crippen LogP contribution in [0.3, 0.4) is 0 Å². The van der Waals surface area contributed by atoms with Gasteiger partial charge in [0.05, 0.1) is 5.75 Å². The number of thiophene rings is 1. The lowest BCUT2D eigenvalue weighted by Crippen LogP contribution is -2.31. The molecule has 0 aliphatic carbocycles. The van der Waals surface area contributed by atoms with E-state index in [-0.39, 0.29) is 18.2 Å². The lowest BCUT2D eigenvalue weighted by atomic mass is 10.4. The fourth-order valence-corrected chi connectivity index (χ4v) is 2.70. The molecular formula is C7H9BrN2O3S2. The van der Waals surface area contributed by atoms with Gasteiger partial charge < -0.3 is 5.32 Å². The summed E-state index contributed by atoms with van der Waals surface area (Å²) in [5.74, 6) is -0.567. The van der Waals surface area contributed by atoms with Gasteiger partial charge in [-0.25, -0.2) is 13.6 Å². The third-order valence-corrected chi connectivity index (χ3v) is 4.11. The van der Waals surface area contributed by atoms with Gasteiger partial charge in [0.25, 0.3) is 5.91 Å². The second-order valence-corrected chi connectivity index (χ2v) is 6.22. The SMILES string of the molecule is NS(=O)(=O)CCNC(=O)c1sccc1Br. The van der Waals surface area contributed by atoms with Crippen LogP contribution in [0.2, 0.25) is 0 Å². The lowest BCUT2D eigenvalue weighted by Gasteiger charge is -2.02. The van der Waals surface area contributed by atoms with E-state index in [2.05, 4.69) is 21.2 Å². The summed E-state index contributed by atoms with van der Waals surface area (Å²) in [6.45, 7) is 0.0159. The molecule has 1 rings (SSSR count). The summed E-state index contributed by atoms with van der Waals surface area (Å²) in [4.78, 5) is 12.0. The molecule has 0 aliphatic rings. The normalized spacial score (nSPS) is 11.3. The first kappa shape index (κ1) is 12.6. The first-order valence-corrected chi connectivity index (χ1v) is 7.30. The first-order chi connectivity index (χ1) is 6.90. The molecule has 0 spiro atoms. The Labute approximate surface area is 99.8 Å². The Morgan fingerprint density at radius 3 is 2.73 bits per heavy atom.